The molecule has 0 saturated carbocycles. The third-order valence-corrected chi connectivity index (χ3v) is 1.10. The van der Waals surface area contributed by atoms with Crippen LogP contribution in [0, 0.1) is 0 Å². The number of carbonyl (C=O) groups excluding carboxylic acids is 1. The minimum Gasteiger partial charge on any atom is -0.460 e. The quantitative estimate of drug-likeness (QED) is 0.709. The largest absolute Gasteiger partial charge is 0.460 e. The Morgan fingerprint density at radius 3 is 2.85 bits per heavy atom. The van der Waals surface area contributed by atoms with E-state index in [1.807, 2.05) is 0 Å². The Balaban J connectivity index is 0.00000144. The van der Waals surface area contributed by atoms with Gasteiger partial charge < -0.3 is 15.0 Å². The average molecular weight is 208 g/mol. The molecule has 0 unspecified atom stereocenters. The Labute approximate surface area is 80.8 Å². The molecule has 1 aromatic rings. The van der Waals surface area contributed by atoms with Crippen LogP contribution < -0.4 is 5.73 Å². The van der Waals surface area contributed by atoms with Gasteiger partial charge in [0.15, 0.2) is 0 Å². The zero-order valence-electron chi connectivity index (χ0n) is 7.02. The molecule has 6 nitrogen and oxygen atoms in total. The lowest BCUT2D eigenvalue weighted by Crippen LogP contribution is -2.07. The minimum atomic E-state index is -0.596. The van der Waals surface area contributed by atoms with Crippen molar-refractivity contribution in [1.82, 2.24) is 10.1 Å². The van der Waals surface area contributed by atoms with Crippen molar-refractivity contribution >= 4 is 18.4 Å². The molecule has 0 bridgehead atoms. The SMILES string of the molecule is CCOC(=O)c1noc(CN)n1.Cl. The van der Waals surface area contributed by atoms with Crippen molar-refractivity contribution in [3.8, 4) is 0 Å². The van der Waals surface area contributed by atoms with Crippen LogP contribution in [-0.2, 0) is 11.3 Å². The van der Waals surface area contributed by atoms with E-state index in [-0.39, 0.29) is 37.3 Å². The first-order valence-electron chi connectivity index (χ1n) is 3.47. The molecule has 7 heteroatoms. The first kappa shape index (κ1) is 11.9. The number of halogens is 1. The number of rotatable bonds is 3. The number of esters is 1. The Hall–Kier alpha value is -1.14. The van der Waals surface area contributed by atoms with E-state index >= 15 is 0 Å². The topological polar surface area (TPSA) is 91.2 Å². The van der Waals surface area contributed by atoms with Crippen LogP contribution in [0.3, 0.4) is 0 Å². The van der Waals surface area contributed by atoms with E-state index in [1.165, 1.54) is 0 Å². The number of ether oxygens (including phenoxy) is 1. The molecular formula is C6H10ClN3O3. The van der Waals surface area contributed by atoms with Crippen molar-refractivity contribution < 1.29 is 14.1 Å². The standard InChI is InChI=1S/C6H9N3O3.ClH/c1-2-11-6(10)5-8-4(3-7)12-9-5;/h2-3,7H2,1H3;1H. The van der Waals surface area contributed by atoms with Crippen molar-refractivity contribution in [3.05, 3.63) is 11.7 Å². The fraction of sp³-hybridized carbons (Fsp3) is 0.500. The highest BCUT2D eigenvalue weighted by molar-refractivity contribution is 5.85. The lowest BCUT2D eigenvalue weighted by molar-refractivity contribution is 0.0508. The molecule has 2 N–H and O–H groups in total. The maximum Gasteiger partial charge on any atom is 0.379 e. The van der Waals surface area contributed by atoms with E-state index in [1.54, 1.807) is 6.92 Å². The highest BCUT2D eigenvalue weighted by Gasteiger charge is 2.14. The van der Waals surface area contributed by atoms with Crippen molar-refractivity contribution in [2.75, 3.05) is 6.61 Å². The summed E-state index contributed by atoms with van der Waals surface area (Å²) in [5.41, 5.74) is 5.19. The van der Waals surface area contributed by atoms with Gasteiger partial charge in [0.2, 0.25) is 5.89 Å². The molecule has 1 aromatic heterocycles. The van der Waals surface area contributed by atoms with Crippen molar-refractivity contribution in [2.24, 2.45) is 5.73 Å². The lowest BCUT2D eigenvalue weighted by Gasteiger charge is -1.93. The van der Waals surface area contributed by atoms with Crippen molar-refractivity contribution in [1.29, 1.82) is 0 Å². The van der Waals surface area contributed by atoms with Gasteiger partial charge in [-0.05, 0) is 12.1 Å². The molecule has 0 aromatic carbocycles. The Kier molecular flexibility index (Phi) is 5.01. The van der Waals surface area contributed by atoms with Gasteiger partial charge in [0.1, 0.15) is 0 Å². The summed E-state index contributed by atoms with van der Waals surface area (Å²) in [6.45, 7) is 2.10. The molecule has 0 aliphatic carbocycles. The predicted octanol–water partition coefficient (Wildman–Crippen LogP) is 0.127. The fourth-order valence-corrected chi connectivity index (χ4v) is 0.616. The maximum atomic E-state index is 10.9. The van der Waals surface area contributed by atoms with E-state index in [2.05, 4.69) is 19.4 Å². The third kappa shape index (κ3) is 3.00. The average Bonchev–Trinajstić information content (AvgIpc) is 2.52. The first-order valence-corrected chi connectivity index (χ1v) is 3.47. The molecule has 0 spiro atoms. The van der Waals surface area contributed by atoms with Gasteiger partial charge in [0.25, 0.3) is 5.82 Å². The number of nitrogens with two attached hydrogens (primary N) is 1. The summed E-state index contributed by atoms with van der Waals surface area (Å²) < 4.78 is 9.22. The van der Waals surface area contributed by atoms with E-state index < -0.39 is 5.97 Å². The zero-order chi connectivity index (χ0) is 8.97. The molecule has 1 heterocycles. The van der Waals surface area contributed by atoms with Crippen LogP contribution in [0.25, 0.3) is 0 Å². The van der Waals surface area contributed by atoms with Crippen LogP contribution in [0.15, 0.2) is 4.52 Å². The third-order valence-electron chi connectivity index (χ3n) is 1.10. The predicted molar refractivity (Wildman–Crippen MR) is 45.4 cm³/mol. The van der Waals surface area contributed by atoms with Gasteiger partial charge in [-0.2, -0.15) is 4.98 Å². The molecule has 0 atom stereocenters. The van der Waals surface area contributed by atoms with Crippen LogP contribution in [0.1, 0.15) is 23.4 Å². The zero-order valence-corrected chi connectivity index (χ0v) is 7.84. The second kappa shape index (κ2) is 5.50. The summed E-state index contributed by atoms with van der Waals surface area (Å²) in [6.07, 6.45) is 0. The summed E-state index contributed by atoms with van der Waals surface area (Å²) in [5, 5.41) is 3.36. The van der Waals surface area contributed by atoms with E-state index in [0.717, 1.165) is 0 Å². The summed E-state index contributed by atoms with van der Waals surface area (Å²) in [6, 6.07) is 0. The normalized spacial score (nSPS) is 9.08. The van der Waals surface area contributed by atoms with E-state index in [0.29, 0.717) is 0 Å². The molecule has 0 fully saturated rings. The molecule has 13 heavy (non-hydrogen) atoms. The van der Waals surface area contributed by atoms with Gasteiger partial charge in [-0.15, -0.1) is 12.4 Å². The Bertz CT molecular complexity index is 276. The van der Waals surface area contributed by atoms with Gasteiger partial charge in [0.05, 0.1) is 13.2 Å². The van der Waals surface area contributed by atoms with Crippen LogP contribution in [0.4, 0.5) is 0 Å². The van der Waals surface area contributed by atoms with Gasteiger partial charge in [-0.1, -0.05) is 0 Å². The number of hydrogen-bond donors (Lipinski definition) is 1. The maximum absolute atomic E-state index is 10.9. The summed E-state index contributed by atoms with van der Waals surface area (Å²) in [5.74, 6) is -0.462. The van der Waals surface area contributed by atoms with Crippen LogP contribution in [0.5, 0.6) is 0 Å². The second-order valence-electron chi connectivity index (χ2n) is 1.94. The Morgan fingerprint density at radius 1 is 1.69 bits per heavy atom. The number of aromatic nitrogens is 2. The van der Waals surface area contributed by atoms with Gasteiger partial charge >= 0.3 is 5.97 Å². The molecule has 0 saturated heterocycles. The Morgan fingerprint density at radius 2 is 2.38 bits per heavy atom. The van der Waals surface area contributed by atoms with Crippen LogP contribution in [0.2, 0.25) is 0 Å². The fourth-order valence-electron chi connectivity index (χ4n) is 0.616. The highest BCUT2D eigenvalue weighted by atomic mass is 35.5. The summed E-state index contributed by atoms with van der Waals surface area (Å²) >= 11 is 0. The van der Waals surface area contributed by atoms with Gasteiger partial charge in [-0.3, -0.25) is 0 Å². The molecule has 74 valence electrons. The van der Waals surface area contributed by atoms with E-state index in [4.69, 9.17) is 5.73 Å². The minimum absolute atomic E-state index is 0. The summed E-state index contributed by atoms with van der Waals surface area (Å²) in [4.78, 5) is 14.6. The second-order valence-corrected chi connectivity index (χ2v) is 1.94. The first-order chi connectivity index (χ1) is 5.77. The smallest absolute Gasteiger partial charge is 0.379 e. The van der Waals surface area contributed by atoms with E-state index in [9.17, 15) is 4.79 Å². The number of nitrogens with zero attached hydrogens (tertiary/aromatic N) is 2. The molecular weight excluding hydrogens is 198 g/mol. The summed E-state index contributed by atoms with van der Waals surface area (Å²) in [7, 11) is 0. The number of carbonyl (C=O) groups is 1. The molecule has 0 aliphatic heterocycles. The number of hydrogen-bond acceptors (Lipinski definition) is 6. The van der Waals surface area contributed by atoms with Crippen molar-refractivity contribution in [2.45, 2.75) is 13.5 Å². The van der Waals surface area contributed by atoms with Gasteiger partial charge in [-0.25, -0.2) is 4.79 Å². The lowest BCUT2D eigenvalue weighted by atomic mass is 10.6. The molecule has 0 aliphatic rings. The molecule has 1 rings (SSSR count). The monoisotopic (exact) mass is 207 g/mol. The van der Waals surface area contributed by atoms with Crippen LogP contribution in [-0.4, -0.2) is 22.7 Å². The van der Waals surface area contributed by atoms with Crippen molar-refractivity contribution in [3.63, 3.8) is 0 Å². The van der Waals surface area contributed by atoms with Crippen LogP contribution >= 0.6 is 12.4 Å². The molecule has 0 radical (unpaired) electrons. The highest BCUT2D eigenvalue weighted by Crippen LogP contribution is 1.97. The molecule has 0 amide bonds. The van der Waals surface area contributed by atoms with Gasteiger partial charge in [0, 0.05) is 0 Å².